The lowest BCUT2D eigenvalue weighted by atomic mass is 10.1. The van der Waals surface area contributed by atoms with E-state index in [4.69, 9.17) is 25.8 Å². The summed E-state index contributed by atoms with van der Waals surface area (Å²) in [6.45, 7) is 0. The molecule has 3 aromatic carbocycles. The number of benzene rings is 3. The summed E-state index contributed by atoms with van der Waals surface area (Å²) in [5.41, 5.74) is 4.45. The highest BCUT2D eigenvalue weighted by Crippen LogP contribution is 2.37. The summed E-state index contributed by atoms with van der Waals surface area (Å²) in [6, 6.07) is 16.4. The molecule has 8 nitrogen and oxygen atoms in total. The smallest absolute Gasteiger partial charge is 0.271 e. The molecule has 0 radical (unpaired) electrons. The van der Waals surface area contributed by atoms with Crippen LogP contribution in [0.1, 0.15) is 26.3 Å². The molecule has 0 fully saturated rings. The van der Waals surface area contributed by atoms with E-state index >= 15 is 0 Å². The predicted octanol–water partition coefficient (Wildman–Crippen LogP) is 4.38. The first-order valence-electron chi connectivity index (χ1n) is 9.75. The quantitative estimate of drug-likeness (QED) is 0.378. The molecule has 0 saturated carbocycles. The largest absolute Gasteiger partial charge is 0.493 e. The number of rotatable bonds is 8. The second kappa shape index (κ2) is 11.0. The van der Waals surface area contributed by atoms with E-state index in [0.29, 0.717) is 44.6 Å². The van der Waals surface area contributed by atoms with Gasteiger partial charge in [0.05, 0.1) is 27.5 Å². The molecule has 0 saturated heterocycles. The molecule has 33 heavy (non-hydrogen) atoms. The van der Waals surface area contributed by atoms with Crippen molar-refractivity contribution >= 4 is 35.3 Å². The van der Waals surface area contributed by atoms with Crippen molar-refractivity contribution in [2.75, 3.05) is 26.6 Å². The van der Waals surface area contributed by atoms with Crippen LogP contribution in [0.4, 0.5) is 5.69 Å². The van der Waals surface area contributed by atoms with E-state index in [-0.39, 0.29) is 5.91 Å². The van der Waals surface area contributed by atoms with Crippen molar-refractivity contribution in [1.82, 2.24) is 5.43 Å². The summed E-state index contributed by atoms with van der Waals surface area (Å²) in [7, 11) is 4.55. The average Bonchev–Trinajstić information content (AvgIpc) is 2.83. The number of ether oxygens (including phenoxy) is 3. The maximum atomic E-state index is 12.4. The normalized spacial score (nSPS) is 10.5. The Bertz CT molecular complexity index is 1150. The highest BCUT2D eigenvalue weighted by atomic mass is 35.5. The van der Waals surface area contributed by atoms with Crippen LogP contribution in [0.25, 0.3) is 0 Å². The van der Waals surface area contributed by atoms with Gasteiger partial charge < -0.3 is 19.5 Å². The lowest BCUT2D eigenvalue weighted by molar-refractivity contribution is 0.0954. The van der Waals surface area contributed by atoms with Crippen molar-refractivity contribution in [2.45, 2.75) is 0 Å². The van der Waals surface area contributed by atoms with E-state index in [1.54, 1.807) is 60.7 Å². The molecule has 2 N–H and O–H groups in total. The van der Waals surface area contributed by atoms with Crippen LogP contribution in [0.3, 0.4) is 0 Å². The second-order valence-electron chi connectivity index (χ2n) is 6.70. The molecule has 0 atom stereocenters. The molecule has 0 aliphatic heterocycles. The number of anilines is 1. The van der Waals surface area contributed by atoms with Gasteiger partial charge in [0.15, 0.2) is 11.5 Å². The fraction of sp³-hybridized carbons (Fsp3) is 0.125. The standard InChI is InChI=1S/C24H22ClN3O5/c1-31-20-11-15(12-21(32-2)22(20)33-3)14-26-28-24(30)16-7-9-19(10-8-16)27-23(29)17-5-4-6-18(25)13-17/h4-14H,1-3H3,(H,27,29)(H,28,30)/b26-14+. The van der Waals surface area contributed by atoms with Gasteiger partial charge in [-0.2, -0.15) is 5.10 Å². The van der Waals surface area contributed by atoms with E-state index < -0.39 is 5.91 Å². The third-order valence-corrected chi connectivity index (χ3v) is 4.79. The molecule has 0 spiro atoms. The van der Waals surface area contributed by atoms with Gasteiger partial charge in [-0.05, 0) is 54.6 Å². The van der Waals surface area contributed by atoms with Crippen molar-refractivity contribution in [3.63, 3.8) is 0 Å². The van der Waals surface area contributed by atoms with Crippen LogP contribution < -0.4 is 25.0 Å². The van der Waals surface area contributed by atoms with E-state index in [9.17, 15) is 9.59 Å². The summed E-state index contributed by atoms with van der Waals surface area (Å²) >= 11 is 5.92. The molecule has 0 aromatic heterocycles. The van der Waals surface area contributed by atoms with Crippen LogP contribution >= 0.6 is 11.6 Å². The molecule has 170 valence electrons. The fourth-order valence-electron chi connectivity index (χ4n) is 2.94. The molecule has 3 rings (SSSR count). The molecule has 2 amide bonds. The Labute approximate surface area is 196 Å². The Balaban J connectivity index is 1.63. The van der Waals surface area contributed by atoms with Gasteiger partial charge in [0, 0.05) is 27.4 Å². The topological polar surface area (TPSA) is 98.2 Å². The predicted molar refractivity (Wildman–Crippen MR) is 127 cm³/mol. The van der Waals surface area contributed by atoms with Crippen molar-refractivity contribution < 1.29 is 23.8 Å². The van der Waals surface area contributed by atoms with Crippen LogP contribution in [0, 0.1) is 0 Å². The summed E-state index contributed by atoms with van der Waals surface area (Å²) in [4.78, 5) is 24.7. The zero-order valence-electron chi connectivity index (χ0n) is 18.2. The lowest BCUT2D eigenvalue weighted by Crippen LogP contribution is -2.18. The van der Waals surface area contributed by atoms with Gasteiger partial charge in [0.25, 0.3) is 11.8 Å². The summed E-state index contributed by atoms with van der Waals surface area (Å²) in [6.07, 6.45) is 1.46. The van der Waals surface area contributed by atoms with E-state index in [0.717, 1.165) is 0 Å². The van der Waals surface area contributed by atoms with Crippen LogP contribution in [-0.4, -0.2) is 39.4 Å². The molecule has 3 aromatic rings. The first-order chi connectivity index (χ1) is 15.9. The van der Waals surface area contributed by atoms with Gasteiger partial charge >= 0.3 is 0 Å². The Hall–Kier alpha value is -4.04. The monoisotopic (exact) mass is 467 g/mol. The maximum absolute atomic E-state index is 12.4. The van der Waals surface area contributed by atoms with Crippen molar-refractivity contribution in [3.05, 3.63) is 82.4 Å². The highest BCUT2D eigenvalue weighted by molar-refractivity contribution is 6.31. The number of carbonyl (C=O) groups excluding carboxylic acids is 2. The number of hydrogen-bond donors (Lipinski definition) is 2. The Kier molecular flexibility index (Phi) is 7.88. The Morgan fingerprint density at radius 1 is 0.848 bits per heavy atom. The van der Waals surface area contributed by atoms with Gasteiger partial charge in [0.2, 0.25) is 5.75 Å². The third kappa shape index (κ3) is 6.02. The summed E-state index contributed by atoms with van der Waals surface area (Å²) in [5, 5.41) is 7.21. The van der Waals surface area contributed by atoms with E-state index in [1.165, 1.54) is 27.5 Å². The van der Waals surface area contributed by atoms with E-state index in [2.05, 4.69) is 15.8 Å². The molecular formula is C24H22ClN3O5. The molecule has 0 heterocycles. The summed E-state index contributed by atoms with van der Waals surface area (Å²) in [5.74, 6) is 0.694. The number of methoxy groups -OCH3 is 3. The van der Waals surface area contributed by atoms with Gasteiger partial charge in [0.1, 0.15) is 0 Å². The van der Waals surface area contributed by atoms with Crippen molar-refractivity contribution in [1.29, 1.82) is 0 Å². The maximum Gasteiger partial charge on any atom is 0.271 e. The molecule has 0 unspecified atom stereocenters. The SMILES string of the molecule is COc1cc(/C=N/NC(=O)c2ccc(NC(=O)c3cccc(Cl)c3)cc2)cc(OC)c1OC. The first kappa shape index (κ1) is 23.6. The zero-order chi connectivity index (χ0) is 23.8. The number of hydrogen-bond acceptors (Lipinski definition) is 6. The molecule has 0 aliphatic rings. The number of halogens is 1. The van der Waals surface area contributed by atoms with Crippen LogP contribution in [-0.2, 0) is 0 Å². The number of nitrogens with zero attached hydrogens (tertiary/aromatic N) is 1. The summed E-state index contributed by atoms with van der Waals surface area (Å²) < 4.78 is 15.9. The van der Waals surface area contributed by atoms with Gasteiger partial charge in [-0.1, -0.05) is 17.7 Å². The zero-order valence-corrected chi connectivity index (χ0v) is 19.0. The Morgan fingerprint density at radius 2 is 1.52 bits per heavy atom. The minimum absolute atomic E-state index is 0.301. The number of carbonyl (C=O) groups is 2. The van der Waals surface area contributed by atoms with Crippen molar-refractivity contribution in [3.8, 4) is 17.2 Å². The number of hydrazone groups is 1. The van der Waals surface area contributed by atoms with Gasteiger partial charge in [-0.25, -0.2) is 5.43 Å². The first-order valence-corrected chi connectivity index (χ1v) is 10.1. The van der Waals surface area contributed by atoms with Crippen LogP contribution in [0.2, 0.25) is 5.02 Å². The van der Waals surface area contributed by atoms with Gasteiger partial charge in [-0.3, -0.25) is 9.59 Å². The van der Waals surface area contributed by atoms with Crippen LogP contribution in [0.15, 0.2) is 65.8 Å². The van der Waals surface area contributed by atoms with Gasteiger partial charge in [-0.15, -0.1) is 0 Å². The number of nitrogens with one attached hydrogen (secondary N) is 2. The van der Waals surface area contributed by atoms with Crippen molar-refractivity contribution in [2.24, 2.45) is 5.10 Å². The minimum Gasteiger partial charge on any atom is -0.493 e. The van der Waals surface area contributed by atoms with Crippen LogP contribution in [0.5, 0.6) is 17.2 Å². The second-order valence-corrected chi connectivity index (χ2v) is 7.14. The minimum atomic E-state index is -0.411. The molecular weight excluding hydrogens is 446 g/mol. The number of amides is 2. The highest BCUT2D eigenvalue weighted by Gasteiger charge is 2.12. The van der Waals surface area contributed by atoms with E-state index in [1.807, 2.05) is 0 Å². The lowest BCUT2D eigenvalue weighted by Gasteiger charge is -2.12. The third-order valence-electron chi connectivity index (χ3n) is 4.56. The molecule has 9 heteroatoms. The fourth-order valence-corrected chi connectivity index (χ4v) is 3.13. The molecule has 0 aliphatic carbocycles. The average molecular weight is 468 g/mol. The molecule has 0 bridgehead atoms. The Morgan fingerprint density at radius 3 is 2.09 bits per heavy atom.